The Bertz CT molecular complexity index is 407. The molecule has 4 aliphatic carbocycles. The molecule has 4 aliphatic rings. The van der Waals surface area contributed by atoms with Gasteiger partial charge in [0.1, 0.15) is 0 Å². The lowest BCUT2D eigenvalue weighted by atomic mass is 9.73. The maximum atomic E-state index is 12.1. The van der Waals surface area contributed by atoms with E-state index in [1.54, 1.807) is 5.57 Å². The molecule has 15 heavy (non-hydrogen) atoms. The highest BCUT2D eigenvalue weighted by atomic mass is 16.1. The number of rotatable bonds is 0. The third kappa shape index (κ3) is 0.839. The summed E-state index contributed by atoms with van der Waals surface area (Å²) in [5, 5.41) is 0. The van der Waals surface area contributed by atoms with Gasteiger partial charge in [-0.1, -0.05) is 30.1 Å². The Balaban J connectivity index is 1.88. The van der Waals surface area contributed by atoms with Crippen molar-refractivity contribution in [3.8, 4) is 0 Å². The molecule has 0 aromatic heterocycles. The van der Waals surface area contributed by atoms with Gasteiger partial charge in [0.25, 0.3) is 0 Å². The average Bonchev–Trinajstić information content (AvgIpc) is 2.88. The van der Waals surface area contributed by atoms with Gasteiger partial charge in [-0.25, -0.2) is 0 Å². The number of fused-ring (bicyclic) bond motifs is 1. The van der Waals surface area contributed by atoms with Crippen molar-refractivity contribution < 1.29 is 4.79 Å². The molecule has 0 N–H and O–H groups in total. The van der Waals surface area contributed by atoms with Crippen LogP contribution in [0.25, 0.3) is 0 Å². The minimum atomic E-state index is 0.301. The maximum absolute atomic E-state index is 12.1. The summed E-state index contributed by atoms with van der Waals surface area (Å²) in [7, 11) is 0. The van der Waals surface area contributed by atoms with Crippen LogP contribution in [0.4, 0.5) is 0 Å². The summed E-state index contributed by atoms with van der Waals surface area (Å²) in [4.78, 5) is 12.1. The zero-order valence-electron chi connectivity index (χ0n) is 8.96. The van der Waals surface area contributed by atoms with E-state index in [0.717, 1.165) is 6.42 Å². The number of hydrogen-bond acceptors (Lipinski definition) is 1. The SMILES string of the molecule is O=C1C=C2CCC3=CC4(CCCC4)[C@@H]1[C@@H]23. The molecule has 0 unspecified atom stereocenters. The van der Waals surface area contributed by atoms with Crippen molar-refractivity contribution in [1.82, 2.24) is 0 Å². The second kappa shape index (κ2) is 2.45. The average molecular weight is 200 g/mol. The second-order valence-electron chi connectivity index (χ2n) is 5.74. The van der Waals surface area contributed by atoms with E-state index in [4.69, 9.17) is 0 Å². The second-order valence-corrected chi connectivity index (χ2v) is 5.74. The Morgan fingerprint density at radius 2 is 1.87 bits per heavy atom. The molecule has 0 bridgehead atoms. The van der Waals surface area contributed by atoms with Gasteiger partial charge in [0.2, 0.25) is 0 Å². The number of allylic oxidation sites excluding steroid dienone is 4. The van der Waals surface area contributed by atoms with Gasteiger partial charge in [-0.05, 0) is 37.2 Å². The molecule has 0 saturated heterocycles. The minimum Gasteiger partial charge on any atom is -0.294 e. The van der Waals surface area contributed by atoms with Crippen molar-refractivity contribution in [3.05, 3.63) is 23.3 Å². The van der Waals surface area contributed by atoms with Crippen molar-refractivity contribution in [2.45, 2.75) is 38.5 Å². The van der Waals surface area contributed by atoms with Crippen LogP contribution in [0.15, 0.2) is 23.3 Å². The van der Waals surface area contributed by atoms with E-state index in [2.05, 4.69) is 6.08 Å². The molecule has 2 atom stereocenters. The Labute approximate surface area is 90.2 Å². The van der Waals surface area contributed by atoms with Crippen LogP contribution in [0.3, 0.4) is 0 Å². The summed E-state index contributed by atoms with van der Waals surface area (Å²) in [6.45, 7) is 0. The first kappa shape index (κ1) is 8.32. The summed E-state index contributed by atoms with van der Waals surface area (Å²) in [5.74, 6) is 1.35. The fourth-order valence-electron chi connectivity index (χ4n) is 4.59. The van der Waals surface area contributed by atoms with Gasteiger partial charge in [-0.2, -0.15) is 0 Å². The van der Waals surface area contributed by atoms with Crippen LogP contribution in [0.2, 0.25) is 0 Å². The molecule has 0 aliphatic heterocycles. The molecular weight excluding hydrogens is 184 g/mol. The molecule has 4 rings (SSSR count). The van der Waals surface area contributed by atoms with Crippen LogP contribution in [0.5, 0.6) is 0 Å². The topological polar surface area (TPSA) is 17.1 Å². The molecule has 1 spiro atoms. The van der Waals surface area contributed by atoms with Gasteiger partial charge in [-0.3, -0.25) is 4.79 Å². The van der Waals surface area contributed by atoms with Gasteiger partial charge in [0.05, 0.1) is 0 Å². The molecule has 0 aromatic carbocycles. The standard InChI is InChI=1S/C14H16O/c15-11-7-9-3-4-10-8-14(5-1-2-6-14)13(11)12(9)10/h7-8,12-13H,1-6H2/t12-,13-/m0/s1. The lowest BCUT2D eigenvalue weighted by Gasteiger charge is -2.29. The van der Waals surface area contributed by atoms with Crippen molar-refractivity contribution in [2.75, 3.05) is 0 Å². The Kier molecular flexibility index (Phi) is 1.36. The summed E-state index contributed by atoms with van der Waals surface area (Å²) in [5.41, 5.74) is 3.37. The van der Waals surface area contributed by atoms with E-state index in [9.17, 15) is 4.79 Å². The zero-order chi connectivity index (χ0) is 10.0. The largest absolute Gasteiger partial charge is 0.294 e. The zero-order valence-corrected chi connectivity index (χ0v) is 8.96. The molecule has 0 amide bonds. The van der Waals surface area contributed by atoms with Crippen LogP contribution in [0.1, 0.15) is 38.5 Å². The highest BCUT2D eigenvalue weighted by molar-refractivity contribution is 5.98. The number of ketones is 1. The Morgan fingerprint density at radius 3 is 2.67 bits per heavy atom. The Morgan fingerprint density at radius 1 is 1.13 bits per heavy atom. The lowest BCUT2D eigenvalue weighted by Crippen LogP contribution is -2.29. The van der Waals surface area contributed by atoms with Gasteiger partial charge in [-0.15, -0.1) is 0 Å². The first-order valence-corrected chi connectivity index (χ1v) is 6.26. The number of carbonyl (C=O) groups excluding carboxylic acids is 1. The Hall–Kier alpha value is -0.850. The minimum absolute atomic E-state index is 0.301. The highest BCUT2D eigenvalue weighted by Crippen LogP contribution is 2.62. The molecule has 0 aromatic rings. The van der Waals surface area contributed by atoms with E-state index in [1.165, 1.54) is 37.7 Å². The molecule has 0 heterocycles. The number of hydrogen-bond donors (Lipinski definition) is 0. The fraction of sp³-hybridized carbons (Fsp3) is 0.643. The predicted molar refractivity (Wildman–Crippen MR) is 58.3 cm³/mol. The van der Waals surface area contributed by atoms with Crippen LogP contribution in [-0.4, -0.2) is 5.78 Å². The monoisotopic (exact) mass is 200 g/mol. The van der Waals surface area contributed by atoms with Crippen molar-refractivity contribution in [1.29, 1.82) is 0 Å². The maximum Gasteiger partial charge on any atom is 0.160 e. The van der Waals surface area contributed by atoms with E-state index in [0.29, 0.717) is 23.0 Å². The molecule has 0 radical (unpaired) electrons. The third-order valence-electron chi connectivity index (χ3n) is 5.10. The van der Waals surface area contributed by atoms with Gasteiger partial charge < -0.3 is 0 Å². The van der Waals surface area contributed by atoms with Crippen LogP contribution < -0.4 is 0 Å². The van der Waals surface area contributed by atoms with Gasteiger partial charge >= 0.3 is 0 Å². The first-order chi connectivity index (χ1) is 7.30. The molecule has 2 fully saturated rings. The predicted octanol–water partition coefficient (Wildman–Crippen LogP) is 3.02. The molecule has 1 nitrogen and oxygen atoms in total. The van der Waals surface area contributed by atoms with E-state index in [-0.39, 0.29) is 0 Å². The summed E-state index contributed by atoms with van der Waals surface area (Å²) in [6.07, 6.45) is 12.1. The lowest BCUT2D eigenvalue weighted by molar-refractivity contribution is -0.120. The third-order valence-corrected chi connectivity index (χ3v) is 5.10. The summed E-state index contributed by atoms with van der Waals surface area (Å²) < 4.78 is 0. The fourth-order valence-corrected chi connectivity index (χ4v) is 4.59. The van der Waals surface area contributed by atoms with Crippen molar-refractivity contribution >= 4 is 5.78 Å². The van der Waals surface area contributed by atoms with E-state index >= 15 is 0 Å². The highest BCUT2D eigenvalue weighted by Gasteiger charge is 2.56. The van der Waals surface area contributed by atoms with E-state index < -0.39 is 0 Å². The normalized spacial score (nSPS) is 39.9. The van der Waals surface area contributed by atoms with Crippen LogP contribution in [-0.2, 0) is 4.79 Å². The summed E-state index contributed by atoms with van der Waals surface area (Å²) >= 11 is 0. The van der Waals surface area contributed by atoms with Gasteiger partial charge in [0, 0.05) is 11.8 Å². The van der Waals surface area contributed by atoms with E-state index in [1.807, 2.05) is 6.08 Å². The van der Waals surface area contributed by atoms with Crippen molar-refractivity contribution in [2.24, 2.45) is 17.3 Å². The summed E-state index contributed by atoms with van der Waals surface area (Å²) in [6, 6.07) is 0. The van der Waals surface area contributed by atoms with Crippen molar-refractivity contribution in [3.63, 3.8) is 0 Å². The molecular formula is C14H16O. The number of carbonyl (C=O) groups is 1. The smallest absolute Gasteiger partial charge is 0.160 e. The molecule has 78 valence electrons. The molecule has 1 heteroatoms. The van der Waals surface area contributed by atoms with Crippen LogP contribution in [0, 0.1) is 17.3 Å². The first-order valence-electron chi connectivity index (χ1n) is 6.26. The molecule has 2 saturated carbocycles. The quantitative estimate of drug-likeness (QED) is 0.549. The van der Waals surface area contributed by atoms with Crippen LogP contribution >= 0.6 is 0 Å². The van der Waals surface area contributed by atoms with Gasteiger partial charge in [0.15, 0.2) is 5.78 Å².